The molecule has 1 aliphatic carbocycles. The lowest BCUT2D eigenvalue weighted by Gasteiger charge is -2.40. The third-order valence-electron chi connectivity index (χ3n) is 3.84. The maximum Gasteiger partial charge on any atom is 0.119 e. The highest BCUT2D eigenvalue weighted by atomic mass is 16.3. The lowest BCUT2D eigenvalue weighted by atomic mass is 9.65. The third-order valence-corrected chi connectivity index (χ3v) is 3.84. The smallest absolute Gasteiger partial charge is 0.119 e. The van der Waals surface area contributed by atoms with E-state index in [1.165, 1.54) is 5.56 Å². The van der Waals surface area contributed by atoms with Gasteiger partial charge in [0.2, 0.25) is 0 Å². The van der Waals surface area contributed by atoms with Crippen LogP contribution in [0.1, 0.15) is 31.4 Å². The molecule has 0 bridgehead atoms. The van der Waals surface area contributed by atoms with Crippen LogP contribution in [0.4, 0.5) is 0 Å². The van der Waals surface area contributed by atoms with E-state index in [9.17, 15) is 5.11 Å². The fourth-order valence-corrected chi connectivity index (χ4v) is 2.85. The molecule has 0 saturated heterocycles. The van der Waals surface area contributed by atoms with E-state index in [-0.39, 0.29) is 5.41 Å². The zero-order valence-electron chi connectivity index (χ0n) is 9.46. The number of phenols is 1. The van der Waals surface area contributed by atoms with Gasteiger partial charge in [-0.1, -0.05) is 26.0 Å². The Bertz CT molecular complexity index is 371. The molecule has 2 rings (SSSR count). The maximum atomic E-state index is 9.96. The molecule has 1 unspecified atom stereocenters. The molecule has 0 saturated carbocycles. The molecule has 0 aromatic heterocycles. The minimum atomic E-state index is -0.00627. The van der Waals surface area contributed by atoms with Gasteiger partial charge in [-0.2, -0.15) is 0 Å². The van der Waals surface area contributed by atoms with E-state index in [0.29, 0.717) is 18.2 Å². The van der Waals surface area contributed by atoms with Crippen LogP contribution >= 0.6 is 0 Å². The molecule has 82 valence electrons. The predicted octanol–water partition coefficient (Wildman–Crippen LogP) is 2.19. The number of hydrogen-bond acceptors (Lipinski definition) is 2. The van der Waals surface area contributed by atoms with Gasteiger partial charge in [-0.15, -0.1) is 0 Å². The van der Waals surface area contributed by atoms with Gasteiger partial charge >= 0.3 is 0 Å². The van der Waals surface area contributed by atoms with Gasteiger partial charge < -0.3 is 10.8 Å². The fourth-order valence-electron chi connectivity index (χ4n) is 2.85. The van der Waals surface area contributed by atoms with Crippen molar-refractivity contribution in [3.63, 3.8) is 0 Å². The monoisotopic (exact) mass is 205 g/mol. The van der Waals surface area contributed by atoms with Gasteiger partial charge in [0.05, 0.1) is 0 Å². The van der Waals surface area contributed by atoms with Crippen molar-refractivity contribution in [2.45, 2.75) is 32.1 Å². The van der Waals surface area contributed by atoms with Crippen molar-refractivity contribution >= 4 is 0 Å². The molecule has 0 aliphatic heterocycles. The van der Waals surface area contributed by atoms with Crippen molar-refractivity contribution in [3.8, 4) is 5.75 Å². The Morgan fingerprint density at radius 3 is 2.87 bits per heavy atom. The van der Waals surface area contributed by atoms with E-state index in [0.717, 1.165) is 18.4 Å². The highest BCUT2D eigenvalue weighted by Crippen LogP contribution is 2.44. The SMILES string of the molecule is CC1(C)c2c(O)cccc2CCC1CN. The second kappa shape index (κ2) is 3.53. The summed E-state index contributed by atoms with van der Waals surface area (Å²) >= 11 is 0. The summed E-state index contributed by atoms with van der Waals surface area (Å²) in [6.45, 7) is 5.06. The number of aryl methyl sites for hydroxylation is 1. The zero-order valence-corrected chi connectivity index (χ0v) is 9.46. The Morgan fingerprint density at radius 1 is 1.47 bits per heavy atom. The first-order valence-corrected chi connectivity index (χ1v) is 5.58. The first-order chi connectivity index (χ1) is 7.07. The van der Waals surface area contributed by atoms with Crippen LogP contribution in [-0.2, 0) is 11.8 Å². The summed E-state index contributed by atoms with van der Waals surface area (Å²) in [5.41, 5.74) is 8.18. The van der Waals surface area contributed by atoms with Gasteiger partial charge in [-0.3, -0.25) is 0 Å². The van der Waals surface area contributed by atoms with Crippen LogP contribution in [0.3, 0.4) is 0 Å². The standard InChI is InChI=1S/C13H19NO/c1-13(2)10(8-14)7-6-9-4-3-5-11(15)12(9)13/h3-5,10,15H,6-8,14H2,1-2H3. The molecule has 0 spiro atoms. The molecule has 3 N–H and O–H groups in total. The van der Waals surface area contributed by atoms with Crippen molar-refractivity contribution < 1.29 is 5.11 Å². The summed E-state index contributed by atoms with van der Waals surface area (Å²) in [6.07, 6.45) is 2.16. The van der Waals surface area contributed by atoms with Crippen LogP contribution < -0.4 is 5.73 Å². The number of hydrogen-bond donors (Lipinski definition) is 2. The van der Waals surface area contributed by atoms with Crippen molar-refractivity contribution in [2.75, 3.05) is 6.54 Å². The van der Waals surface area contributed by atoms with Crippen molar-refractivity contribution in [3.05, 3.63) is 29.3 Å². The van der Waals surface area contributed by atoms with Gasteiger partial charge in [0, 0.05) is 5.56 Å². The molecular formula is C13H19NO. The Kier molecular flexibility index (Phi) is 2.47. The molecule has 2 heteroatoms. The zero-order chi connectivity index (χ0) is 11.1. The molecule has 1 atom stereocenters. The van der Waals surface area contributed by atoms with E-state index in [1.54, 1.807) is 6.07 Å². The van der Waals surface area contributed by atoms with Crippen LogP contribution in [-0.4, -0.2) is 11.7 Å². The number of aromatic hydroxyl groups is 1. The first-order valence-electron chi connectivity index (χ1n) is 5.58. The molecule has 0 fully saturated rings. The van der Waals surface area contributed by atoms with Crippen molar-refractivity contribution in [1.29, 1.82) is 0 Å². The van der Waals surface area contributed by atoms with Gasteiger partial charge in [-0.05, 0) is 42.3 Å². The molecule has 2 nitrogen and oxygen atoms in total. The largest absolute Gasteiger partial charge is 0.508 e. The van der Waals surface area contributed by atoms with Crippen LogP contribution in [0.2, 0.25) is 0 Å². The minimum Gasteiger partial charge on any atom is -0.508 e. The quantitative estimate of drug-likeness (QED) is 0.738. The summed E-state index contributed by atoms with van der Waals surface area (Å²) in [5, 5.41) is 9.96. The molecule has 0 heterocycles. The number of nitrogens with two attached hydrogens (primary N) is 1. The first kappa shape index (κ1) is 10.5. The summed E-state index contributed by atoms with van der Waals surface area (Å²) in [7, 11) is 0. The lowest BCUT2D eigenvalue weighted by Crippen LogP contribution is -2.38. The Balaban J connectivity index is 2.55. The van der Waals surface area contributed by atoms with Crippen molar-refractivity contribution in [1.82, 2.24) is 0 Å². The number of phenolic OH excluding ortho intramolecular Hbond substituents is 1. The molecule has 1 aliphatic rings. The number of fused-ring (bicyclic) bond motifs is 1. The third kappa shape index (κ3) is 1.53. The number of benzene rings is 1. The molecule has 0 radical (unpaired) electrons. The Labute approximate surface area is 91.1 Å². The molecule has 1 aromatic carbocycles. The van der Waals surface area contributed by atoms with E-state index < -0.39 is 0 Å². The Hall–Kier alpha value is -1.02. The van der Waals surface area contributed by atoms with Crippen LogP contribution in [0.5, 0.6) is 5.75 Å². The second-order valence-electron chi connectivity index (χ2n) is 5.00. The van der Waals surface area contributed by atoms with E-state index in [2.05, 4.69) is 19.9 Å². The van der Waals surface area contributed by atoms with Gasteiger partial charge in [-0.25, -0.2) is 0 Å². The highest BCUT2D eigenvalue weighted by molar-refractivity contribution is 5.46. The predicted molar refractivity (Wildman–Crippen MR) is 62.0 cm³/mol. The van der Waals surface area contributed by atoms with Gasteiger partial charge in [0.1, 0.15) is 5.75 Å². The van der Waals surface area contributed by atoms with E-state index in [4.69, 9.17) is 5.73 Å². The van der Waals surface area contributed by atoms with Crippen molar-refractivity contribution in [2.24, 2.45) is 11.7 Å². The topological polar surface area (TPSA) is 46.2 Å². The summed E-state index contributed by atoms with van der Waals surface area (Å²) in [6, 6.07) is 5.82. The second-order valence-corrected chi connectivity index (χ2v) is 5.00. The normalized spacial score (nSPS) is 23.5. The van der Waals surface area contributed by atoms with Gasteiger partial charge in [0.15, 0.2) is 0 Å². The molecule has 0 amide bonds. The van der Waals surface area contributed by atoms with E-state index in [1.807, 2.05) is 6.07 Å². The van der Waals surface area contributed by atoms with Gasteiger partial charge in [0.25, 0.3) is 0 Å². The average molecular weight is 205 g/mol. The molecule has 1 aromatic rings. The number of rotatable bonds is 1. The van der Waals surface area contributed by atoms with Crippen LogP contribution in [0.25, 0.3) is 0 Å². The van der Waals surface area contributed by atoms with E-state index >= 15 is 0 Å². The minimum absolute atomic E-state index is 0.00627. The van der Waals surface area contributed by atoms with Crippen LogP contribution in [0.15, 0.2) is 18.2 Å². The summed E-state index contributed by atoms with van der Waals surface area (Å²) < 4.78 is 0. The maximum absolute atomic E-state index is 9.96. The molecule has 15 heavy (non-hydrogen) atoms. The average Bonchev–Trinajstić information content (AvgIpc) is 2.17. The lowest BCUT2D eigenvalue weighted by molar-refractivity contribution is 0.275. The van der Waals surface area contributed by atoms with Crippen LogP contribution in [0, 0.1) is 5.92 Å². The highest BCUT2D eigenvalue weighted by Gasteiger charge is 2.37. The Morgan fingerprint density at radius 2 is 2.20 bits per heavy atom. The summed E-state index contributed by atoms with van der Waals surface area (Å²) in [5.74, 6) is 0.897. The fraction of sp³-hybridized carbons (Fsp3) is 0.538. The molecular weight excluding hydrogens is 186 g/mol. The summed E-state index contributed by atoms with van der Waals surface area (Å²) in [4.78, 5) is 0.